The molecule has 130 valence electrons. The lowest BCUT2D eigenvalue weighted by atomic mass is 9.58. The van der Waals surface area contributed by atoms with Crippen LogP contribution in [0.2, 0.25) is 0 Å². The number of amides is 1. The molecule has 4 bridgehead atoms. The van der Waals surface area contributed by atoms with Crippen LogP contribution in [-0.2, 0) is 4.79 Å². The van der Waals surface area contributed by atoms with Gasteiger partial charge in [-0.1, -0.05) is 39.5 Å². The summed E-state index contributed by atoms with van der Waals surface area (Å²) in [7, 11) is 0. The van der Waals surface area contributed by atoms with Crippen molar-refractivity contribution in [3.8, 4) is 0 Å². The molecule has 0 aromatic heterocycles. The Balaban J connectivity index is 1.52. The molecule has 0 radical (unpaired) electrons. The Morgan fingerprint density at radius 3 is 2.30 bits per heavy atom. The largest absolute Gasteiger partial charge is 0.350 e. The van der Waals surface area contributed by atoms with Crippen molar-refractivity contribution in [3.63, 3.8) is 0 Å². The molecule has 4 fully saturated rings. The molecule has 2 nitrogen and oxygen atoms in total. The highest BCUT2D eigenvalue weighted by Gasteiger charge is 2.50. The van der Waals surface area contributed by atoms with Crippen LogP contribution < -0.4 is 5.32 Å². The van der Waals surface area contributed by atoms with Crippen LogP contribution in [0.4, 0.5) is 0 Å². The van der Waals surface area contributed by atoms with Gasteiger partial charge in [-0.2, -0.15) is 0 Å². The minimum absolute atomic E-state index is 0.0110. The van der Waals surface area contributed by atoms with Gasteiger partial charge in [-0.05, 0) is 75.0 Å². The van der Waals surface area contributed by atoms with Crippen LogP contribution in [0.3, 0.4) is 0 Å². The molecule has 4 aliphatic rings. The third-order valence-electron chi connectivity index (χ3n) is 7.70. The van der Waals surface area contributed by atoms with Crippen LogP contribution in [-0.4, -0.2) is 11.4 Å². The van der Waals surface area contributed by atoms with Crippen molar-refractivity contribution < 1.29 is 4.79 Å². The van der Waals surface area contributed by atoms with Gasteiger partial charge in [-0.15, -0.1) is 0 Å². The van der Waals surface area contributed by atoms with Gasteiger partial charge in [-0.3, -0.25) is 4.79 Å². The molecule has 0 aromatic carbocycles. The third kappa shape index (κ3) is 2.96. The summed E-state index contributed by atoms with van der Waals surface area (Å²) in [6.45, 7) is 4.77. The highest BCUT2D eigenvalue weighted by molar-refractivity contribution is 5.83. The highest BCUT2D eigenvalue weighted by atomic mass is 16.2. The van der Waals surface area contributed by atoms with Crippen LogP contribution in [0, 0.1) is 29.1 Å². The zero-order chi connectivity index (χ0) is 16.1. The maximum absolute atomic E-state index is 13.4. The molecule has 0 aliphatic heterocycles. The number of hydrogen-bond donors (Lipinski definition) is 1. The monoisotopic (exact) mass is 317 g/mol. The summed E-state index contributed by atoms with van der Waals surface area (Å²) in [5.74, 6) is 3.66. The predicted octanol–water partition coefficient (Wildman–Crippen LogP) is 5.07. The lowest BCUT2D eigenvalue weighted by molar-refractivity contribution is -0.141. The zero-order valence-corrected chi connectivity index (χ0v) is 15.2. The quantitative estimate of drug-likeness (QED) is 0.757. The van der Waals surface area contributed by atoms with E-state index in [1.165, 1.54) is 64.2 Å². The first kappa shape index (κ1) is 16.0. The summed E-state index contributed by atoms with van der Waals surface area (Å²) >= 11 is 0. The van der Waals surface area contributed by atoms with E-state index >= 15 is 0 Å². The summed E-state index contributed by atoms with van der Waals surface area (Å²) in [5, 5.41) is 3.69. The maximum Gasteiger partial charge on any atom is 0.226 e. The molecular formula is C21H35NO. The number of rotatable bonds is 2. The lowest BCUT2D eigenvalue weighted by Gasteiger charge is -2.52. The van der Waals surface area contributed by atoms with E-state index in [0.29, 0.717) is 5.91 Å². The molecule has 1 amide bonds. The standard InChI is InChI=1S/C21H35NO/c1-15-9-17-5-3-7-20(11-15,13-17)19(23)22-21-8-4-6-18(14-21)10-16(2)12-21/h15-18H,3-14H2,1-2H3,(H,22,23). The molecule has 0 aromatic rings. The van der Waals surface area contributed by atoms with Gasteiger partial charge in [0.2, 0.25) is 5.91 Å². The predicted molar refractivity (Wildman–Crippen MR) is 94.0 cm³/mol. The summed E-state index contributed by atoms with van der Waals surface area (Å²) in [4.78, 5) is 13.4. The third-order valence-corrected chi connectivity index (χ3v) is 7.70. The number of carbonyl (C=O) groups excluding carboxylic acids is 1. The van der Waals surface area contributed by atoms with Gasteiger partial charge in [0.25, 0.3) is 0 Å². The van der Waals surface area contributed by atoms with E-state index in [1.54, 1.807) is 0 Å². The molecule has 1 N–H and O–H groups in total. The second-order valence-corrected chi connectivity index (χ2v) is 10.0. The fraction of sp³-hybridized carbons (Fsp3) is 0.952. The summed E-state index contributed by atoms with van der Waals surface area (Å²) < 4.78 is 0. The number of nitrogens with one attached hydrogen (secondary N) is 1. The average Bonchev–Trinajstić information content (AvgIpc) is 2.45. The zero-order valence-electron chi connectivity index (χ0n) is 15.2. The Morgan fingerprint density at radius 1 is 0.870 bits per heavy atom. The van der Waals surface area contributed by atoms with Crippen LogP contribution in [0.1, 0.15) is 90.9 Å². The van der Waals surface area contributed by atoms with E-state index in [1.807, 2.05) is 0 Å². The van der Waals surface area contributed by atoms with Crippen LogP contribution in [0.5, 0.6) is 0 Å². The summed E-state index contributed by atoms with van der Waals surface area (Å²) in [5.41, 5.74) is 0.142. The topological polar surface area (TPSA) is 29.1 Å². The first-order valence-corrected chi connectivity index (χ1v) is 10.3. The van der Waals surface area contributed by atoms with Crippen molar-refractivity contribution in [2.24, 2.45) is 29.1 Å². The van der Waals surface area contributed by atoms with E-state index in [2.05, 4.69) is 19.2 Å². The van der Waals surface area contributed by atoms with Gasteiger partial charge in [-0.25, -0.2) is 0 Å². The molecule has 4 saturated carbocycles. The van der Waals surface area contributed by atoms with Gasteiger partial charge in [0.05, 0.1) is 0 Å². The lowest BCUT2D eigenvalue weighted by Crippen LogP contribution is -2.59. The molecular weight excluding hydrogens is 282 g/mol. The average molecular weight is 318 g/mol. The van der Waals surface area contributed by atoms with Crippen molar-refractivity contribution in [2.45, 2.75) is 96.4 Å². The van der Waals surface area contributed by atoms with E-state index in [-0.39, 0.29) is 11.0 Å². The van der Waals surface area contributed by atoms with Gasteiger partial charge >= 0.3 is 0 Å². The number of hydrogen-bond acceptors (Lipinski definition) is 1. The molecule has 4 aliphatic carbocycles. The van der Waals surface area contributed by atoms with E-state index in [4.69, 9.17) is 0 Å². The highest BCUT2D eigenvalue weighted by Crippen LogP contribution is 2.52. The minimum atomic E-state index is -0.0110. The van der Waals surface area contributed by atoms with Gasteiger partial charge in [0.1, 0.15) is 0 Å². The first-order chi connectivity index (χ1) is 11.0. The van der Waals surface area contributed by atoms with Crippen molar-refractivity contribution in [2.75, 3.05) is 0 Å². The number of carbonyl (C=O) groups is 1. The second-order valence-electron chi connectivity index (χ2n) is 10.0. The van der Waals surface area contributed by atoms with Gasteiger partial charge in [0, 0.05) is 11.0 Å². The van der Waals surface area contributed by atoms with Crippen molar-refractivity contribution >= 4 is 5.91 Å². The van der Waals surface area contributed by atoms with Crippen LogP contribution in [0.25, 0.3) is 0 Å². The Kier molecular flexibility index (Phi) is 4.01. The maximum atomic E-state index is 13.4. The SMILES string of the molecule is CC1CC2CCCC(NC(=O)C34CCCC(CC(C)C3)C4)(C1)C2. The molecule has 0 saturated heterocycles. The van der Waals surface area contributed by atoms with E-state index in [0.717, 1.165) is 36.5 Å². The fourth-order valence-corrected chi connectivity index (χ4v) is 7.22. The molecule has 6 atom stereocenters. The Hall–Kier alpha value is -0.530. The second kappa shape index (κ2) is 5.77. The number of fused-ring (bicyclic) bond motifs is 4. The van der Waals surface area contributed by atoms with Crippen molar-refractivity contribution in [1.29, 1.82) is 0 Å². The molecule has 2 heteroatoms. The fourth-order valence-electron chi connectivity index (χ4n) is 7.22. The first-order valence-electron chi connectivity index (χ1n) is 10.3. The Morgan fingerprint density at radius 2 is 1.52 bits per heavy atom. The van der Waals surface area contributed by atoms with Gasteiger partial charge in [0.15, 0.2) is 0 Å². The Labute approximate surface area is 142 Å². The molecule has 0 spiro atoms. The van der Waals surface area contributed by atoms with E-state index < -0.39 is 0 Å². The molecule has 0 heterocycles. The van der Waals surface area contributed by atoms with Crippen LogP contribution >= 0.6 is 0 Å². The van der Waals surface area contributed by atoms with Crippen molar-refractivity contribution in [3.05, 3.63) is 0 Å². The normalized spacial score (nSPS) is 49.5. The van der Waals surface area contributed by atoms with Crippen molar-refractivity contribution in [1.82, 2.24) is 5.32 Å². The molecule has 4 rings (SSSR count). The molecule has 23 heavy (non-hydrogen) atoms. The van der Waals surface area contributed by atoms with E-state index in [9.17, 15) is 4.79 Å². The minimum Gasteiger partial charge on any atom is -0.350 e. The Bertz CT molecular complexity index is 466. The van der Waals surface area contributed by atoms with Crippen LogP contribution in [0.15, 0.2) is 0 Å². The smallest absolute Gasteiger partial charge is 0.226 e. The molecule has 6 unspecified atom stereocenters. The summed E-state index contributed by atoms with van der Waals surface area (Å²) in [6, 6.07) is 0. The summed E-state index contributed by atoms with van der Waals surface area (Å²) in [6.07, 6.45) is 15.3. The van der Waals surface area contributed by atoms with Gasteiger partial charge < -0.3 is 5.32 Å².